The summed E-state index contributed by atoms with van der Waals surface area (Å²) in [4.78, 5) is 26.2. The Labute approximate surface area is 186 Å². The Morgan fingerprint density at radius 2 is 1.59 bits per heavy atom. The van der Waals surface area contributed by atoms with E-state index < -0.39 is 0 Å². The molecule has 162 valence electrons. The molecule has 3 aliphatic carbocycles. The molecule has 0 heterocycles. The maximum absolute atomic E-state index is 13.6. The van der Waals surface area contributed by atoms with Gasteiger partial charge in [0.15, 0.2) is 11.6 Å². The molecule has 0 amide bonds. The van der Waals surface area contributed by atoms with Crippen molar-refractivity contribution in [3.05, 3.63) is 106 Å². The molecule has 0 bridgehead atoms. The minimum absolute atomic E-state index is 0.00397. The molecule has 2 nitrogen and oxygen atoms in total. The fourth-order valence-corrected chi connectivity index (χ4v) is 5.25. The van der Waals surface area contributed by atoms with Crippen LogP contribution in [-0.4, -0.2) is 11.6 Å². The molecule has 2 aromatic carbocycles. The Balaban J connectivity index is 1.52. The Hall–Kier alpha value is -3.14. The van der Waals surface area contributed by atoms with Gasteiger partial charge in [0.2, 0.25) is 0 Å². The van der Waals surface area contributed by atoms with E-state index in [1.807, 2.05) is 6.08 Å². The molecule has 4 heteroatoms. The summed E-state index contributed by atoms with van der Waals surface area (Å²) in [6.07, 6.45) is 7.52. The van der Waals surface area contributed by atoms with E-state index in [-0.39, 0.29) is 29.1 Å². The van der Waals surface area contributed by atoms with E-state index in [9.17, 15) is 18.4 Å². The number of fused-ring (bicyclic) bond motifs is 1. The summed E-state index contributed by atoms with van der Waals surface area (Å²) in [5, 5.41) is 0. The van der Waals surface area contributed by atoms with Crippen LogP contribution in [0.2, 0.25) is 0 Å². The van der Waals surface area contributed by atoms with E-state index >= 15 is 0 Å². The van der Waals surface area contributed by atoms with Crippen molar-refractivity contribution >= 4 is 11.6 Å². The molecule has 0 fully saturated rings. The zero-order valence-corrected chi connectivity index (χ0v) is 17.7. The number of benzene rings is 2. The number of carbonyl (C=O) groups excluding carboxylic acids is 2. The third-order valence-electron chi connectivity index (χ3n) is 7.01. The van der Waals surface area contributed by atoms with Crippen LogP contribution in [0.5, 0.6) is 0 Å². The van der Waals surface area contributed by atoms with Crippen LogP contribution in [0.4, 0.5) is 8.78 Å². The van der Waals surface area contributed by atoms with Gasteiger partial charge in [0.05, 0.1) is 5.83 Å². The zero-order chi connectivity index (χ0) is 22.2. The van der Waals surface area contributed by atoms with E-state index in [0.717, 1.165) is 24.0 Å². The Morgan fingerprint density at radius 1 is 0.875 bits per heavy atom. The highest BCUT2D eigenvalue weighted by Crippen LogP contribution is 2.43. The van der Waals surface area contributed by atoms with E-state index in [0.29, 0.717) is 53.9 Å². The molecule has 0 saturated carbocycles. The first-order chi connectivity index (χ1) is 15.5. The molecule has 0 aliphatic heterocycles. The predicted octanol–water partition coefficient (Wildman–Crippen LogP) is 7.05. The molecule has 5 rings (SSSR count). The average Bonchev–Trinajstić information content (AvgIpc) is 2.82. The standard InChI is InChI=1S/C28H24F2O2/c29-20-10-5-17(6-11-20)15-25(18-7-12-21(30)13-8-18)19-9-14-24-26(16-19)28(32)23-4-2-1-3-22(23)27(24)31/h1-4,7-8,10,12-13,16-17,25H,5-6,9,11,14-15H2. The first kappa shape index (κ1) is 20.7. The van der Waals surface area contributed by atoms with Gasteiger partial charge in [-0.1, -0.05) is 54.1 Å². The molecule has 0 aromatic heterocycles. The lowest BCUT2D eigenvalue weighted by Gasteiger charge is -2.31. The van der Waals surface area contributed by atoms with Gasteiger partial charge in [-0.15, -0.1) is 0 Å². The smallest absolute Gasteiger partial charge is 0.194 e. The number of carbonyl (C=O) groups is 2. The lowest BCUT2D eigenvalue weighted by molar-refractivity contribution is 0.0973. The van der Waals surface area contributed by atoms with Crippen molar-refractivity contribution in [2.24, 2.45) is 5.92 Å². The minimum Gasteiger partial charge on any atom is -0.289 e. The lowest BCUT2D eigenvalue weighted by Crippen LogP contribution is -2.24. The van der Waals surface area contributed by atoms with Crippen LogP contribution >= 0.6 is 0 Å². The summed E-state index contributed by atoms with van der Waals surface area (Å²) in [5.74, 6) is -0.169. The second-order valence-electron chi connectivity index (χ2n) is 8.95. The van der Waals surface area contributed by atoms with Gasteiger partial charge >= 0.3 is 0 Å². The molecular weight excluding hydrogens is 406 g/mol. The highest BCUT2D eigenvalue weighted by Gasteiger charge is 2.34. The van der Waals surface area contributed by atoms with Crippen LogP contribution in [0, 0.1) is 11.7 Å². The fourth-order valence-electron chi connectivity index (χ4n) is 5.25. The summed E-state index contributed by atoms with van der Waals surface area (Å²) in [7, 11) is 0. The molecule has 0 saturated heterocycles. The van der Waals surface area contributed by atoms with Crippen molar-refractivity contribution in [3.63, 3.8) is 0 Å². The van der Waals surface area contributed by atoms with Gasteiger partial charge in [0.1, 0.15) is 5.82 Å². The minimum atomic E-state index is -0.289. The molecule has 3 aliphatic rings. The summed E-state index contributed by atoms with van der Waals surface area (Å²) >= 11 is 0. The third kappa shape index (κ3) is 3.79. The van der Waals surface area contributed by atoms with Gasteiger partial charge in [-0.05, 0) is 62.1 Å². The molecule has 0 spiro atoms. The van der Waals surface area contributed by atoms with E-state index in [4.69, 9.17) is 0 Å². The first-order valence-corrected chi connectivity index (χ1v) is 11.2. The second-order valence-corrected chi connectivity index (χ2v) is 8.95. The van der Waals surface area contributed by atoms with Gasteiger partial charge in [-0.2, -0.15) is 0 Å². The van der Waals surface area contributed by atoms with Crippen LogP contribution in [-0.2, 0) is 0 Å². The van der Waals surface area contributed by atoms with Crippen molar-refractivity contribution in [3.8, 4) is 0 Å². The largest absolute Gasteiger partial charge is 0.289 e. The molecule has 0 N–H and O–H groups in total. The summed E-state index contributed by atoms with van der Waals surface area (Å²) < 4.78 is 27.1. The topological polar surface area (TPSA) is 34.1 Å². The van der Waals surface area contributed by atoms with Crippen molar-refractivity contribution in [1.29, 1.82) is 0 Å². The highest BCUT2D eigenvalue weighted by atomic mass is 19.1. The molecule has 2 aromatic rings. The Kier molecular flexibility index (Phi) is 5.46. The number of hydrogen-bond acceptors (Lipinski definition) is 2. The van der Waals surface area contributed by atoms with Crippen molar-refractivity contribution in [1.82, 2.24) is 0 Å². The van der Waals surface area contributed by atoms with Crippen LogP contribution in [0.3, 0.4) is 0 Å². The molecule has 2 atom stereocenters. The Bertz CT molecular complexity index is 1180. The van der Waals surface area contributed by atoms with Crippen molar-refractivity contribution in [2.75, 3.05) is 0 Å². The van der Waals surface area contributed by atoms with Gasteiger partial charge in [0.25, 0.3) is 0 Å². The molecular formula is C28H24F2O2. The maximum atomic E-state index is 13.6. The van der Waals surface area contributed by atoms with Gasteiger partial charge < -0.3 is 0 Å². The van der Waals surface area contributed by atoms with Gasteiger partial charge in [-0.25, -0.2) is 8.78 Å². The summed E-state index contributed by atoms with van der Waals surface area (Å²) in [5.41, 5.74) is 4.12. The Morgan fingerprint density at radius 3 is 2.28 bits per heavy atom. The molecule has 32 heavy (non-hydrogen) atoms. The van der Waals surface area contributed by atoms with E-state index in [1.54, 1.807) is 42.5 Å². The van der Waals surface area contributed by atoms with Crippen LogP contribution < -0.4 is 0 Å². The van der Waals surface area contributed by atoms with Crippen molar-refractivity contribution < 1.29 is 18.4 Å². The van der Waals surface area contributed by atoms with Crippen LogP contribution in [0.15, 0.2) is 83.2 Å². The van der Waals surface area contributed by atoms with Crippen molar-refractivity contribution in [2.45, 2.75) is 44.4 Å². The van der Waals surface area contributed by atoms with Gasteiger partial charge in [0, 0.05) is 28.2 Å². The number of allylic oxidation sites excluding steroid dienone is 6. The van der Waals surface area contributed by atoms with Crippen LogP contribution in [0.1, 0.15) is 70.7 Å². The van der Waals surface area contributed by atoms with E-state index in [1.165, 1.54) is 12.1 Å². The quantitative estimate of drug-likeness (QED) is 0.521. The first-order valence-electron chi connectivity index (χ1n) is 11.2. The maximum Gasteiger partial charge on any atom is 0.194 e. The predicted molar refractivity (Wildman–Crippen MR) is 120 cm³/mol. The highest BCUT2D eigenvalue weighted by molar-refractivity contribution is 6.28. The molecule has 0 radical (unpaired) electrons. The second kappa shape index (κ2) is 8.42. The monoisotopic (exact) mass is 430 g/mol. The third-order valence-corrected chi connectivity index (χ3v) is 7.01. The SMILES string of the molecule is O=C1C2=C(CCC(C(CC3CC=C(F)CC3)c3ccc(F)cc3)=C2)C(=O)c2ccccc21. The number of ketones is 2. The lowest BCUT2D eigenvalue weighted by atomic mass is 9.72. The normalized spacial score (nSPS) is 21.5. The number of Topliss-reactive ketones (excluding diaryl/α,β-unsaturated/α-hetero) is 2. The number of halogens is 2. The fraction of sp³-hybridized carbons (Fsp3) is 0.286. The summed E-state index contributed by atoms with van der Waals surface area (Å²) in [6, 6.07) is 13.5. The number of rotatable bonds is 4. The number of hydrogen-bond donors (Lipinski definition) is 0. The van der Waals surface area contributed by atoms with Gasteiger partial charge in [-0.3, -0.25) is 9.59 Å². The molecule has 2 unspecified atom stereocenters. The van der Waals surface area contributed by atoms with E-state index in [2.05, 4.69) is 0 Å². The zero-order valence-electron chi connectivity index (χ0n) is 17.7. The van der Waals surface area contributed by atoms with Crippen LogP contribution in [0.25, 0.3) is 0 Å². The summed E-state index contributed by atoms with van der Waals surface area (Å²) in [6.45, 7) is 0. The average molecular weight is 430 g/mol.